The maximum atomic E-state index is 11.7. The van der Waals surface area contributed by atoms with E-state index >= 15 is 0 Å². The lowest BCUT2D eigenvalue weighted by atomic mass is 9.98. The van der Waals surface area contributed by atoms with E-state index in [1.807, 2.05) is 0 Å². The van der Waals surface area contributed by atoms with Gasteiger partial charge in [-0.3, -0.25) is 22.7 Å². The van der Waals surface area contributed by atoms with E-state index in [4.69, 9.17) is 23.1 Å². The van der Waals surface area contributed by atoms with Crippen LogP contribution < -0.4 is 0 Å². The molecule has 0 aromatic rings. The molecule has 0 saturated carbocycles. The Kier molecular flexibility index (Phi) is 8.52. The molecule has 29 heavy (non-hydrogen) atoms. The van der Waals surface area contributed by atoms with Crippen molar-refractivity contribution in [3.8, 4) is 0 Å². The average Bonchev–Trinajstić information content (AvgIpc) is 2.48. The monoisotopic (exact) mass is 462 g/mol. The van der Waals surface area contributed by atoms with E-state index in [2.05, 4.69) is 4.18 Å². The number of esters is 3. The van der Waals surface area contributed by atoms with Crippen LogP contribution in [0.1, 0.15) is 20.8 Å². The molecule has 1 aliphatic rings. The first-order valence-electron chi connectivity index (χ1n) is 7.99. The summed E-state index contributed by atoms with van der Waals surface area (Å²) in [7, 11) is -8.19. The smallest absolute Gasteiger partial charge is 0.305 e. The van der Waals surface area contributed by atoms with Crippen molar-refractivity contribution >= 4 is 38.1 Å². The molecule has 15 heteroatoms. The van der Waals surface area contributed by atoms with Gasteiger partial charge in [-0.15, -0.1) is 0 Å². The SMILES string of the molecule is CC(=O)O[C@H]1O[C@H](COS(C)(=O)=O)[C@@H](OS(C)(=O)=O)[C@H](OC(C)=O)[C@H]1OC(C)=O. The summed E-state index contributed by atoms with van der Waals surface area (Å²) >= 11 is 0. The highest BCUT2D eigenvalue weighted by molar-refractivity contribution is 7.86. The van der Waals surface area contributed by atoms with Crippen LogP contribution in [-0.2, 0) is 61.9 Å². The van der Waals surface area contributed by atoms with Crippen molar-refractivity contribution in [1.82, 2.24) is 0 Å². The highest BCUT2D eigenvalue weighted by Gasteiger charge is 2.53. The Balaban J connectivity index is 3.42. The highest BCUT2D eigenvalue weighted by Crippen LogP contribution is 2.30. The first-order valence-corrected chi connectivity index (χ1v) is 11.6. The Morgan fingerprint density at radius 3 is 1.66 bits per heavy atom. The van der Waals surface area contributed by atoms with Crippen LogP contribution in [0.5, 0.6) is 0 Å². The fraction of sp³-hybridized carbons (Fsp3) is 0.786. The summed E-state index contributed by atoms with van der Waals surface area (Å²) < 4.78 is 75.9. The molecule has 1 fully saturated rings. The first-order chi connectivity index (χ1) is 13.1. The van der Waals surface area contributed by atoms with Gasteiger partial charge in [0.2, 0.25) is 12.4 Å². The molecule has 1 saturated heterocycles. The molecule has 0 aromatic heterocycles. The molecule has 0 radical (unpaired) electrons. The molecule has 168 valence electrons. The van der Waals surface area contributed by atoms with Crippen molar-refractivity contribution in [2.24, 2.45) is 0 Å². The predicted molar refractivity (Wildman–Crippen MR) is 92.0 cm³/mol. The van der Waals surface area contributed by atoms with Gasteiger partial charge in [-0.2, -0.15) is 16.8 Å². The molecule has 0 amide bonds. The first kappa shape index (κ1) is 25.2. The average molecular weight is 462 g/mol. The predicted octanol–water partition coefficient (Wildman–Crippen LogP) is -1.54. The zero-order valence-electron chi connectivity index (χ0n) is 16.2. The molecule has 0 bridgehead atoms. The summed E-state index contributed by atoms with van der Waals surface area (Å²) in [5.41, 5.74) is 0. The fourth-order valence-corrected chi connectivity index (χ4v) is 3.44. The Morgan fingerprint density at radius 1 is 0.759 bits per heavy atom. The fourth-order valence-electron chi connectivity index (χ4n) is 2.42. The second kappa shape index (κ2) is 9.80. The molecule has 1 heterocycles. The standard InChI is InChI=1S/C14H22O13S2/c1-7(15)23-12-11(27-29(5,20)21)10(6-22-28(4,18)19)26-14(25-9(3)17)13(12)24-8(2)16/h10-14H,6H2,1-5H3/t10-,11-,12+,13-,14+/m1/s1. The Hall–Kier alpha value is -1.81. The van der Waals surface area contributed by atoms with Gasteiger partial charge in [-0.25, -0.2) is 0 Å². The van der Waals surface area contributed by atoms with E-state index in [1.54, 1.807) is 0 Å². The van der Waals surface area contributed by atoms with E-state index in [0.29, 0.717) is 6.26 Å². The van der Waals surface area contributed by atoms with Crippen LogP contribution in [0.25, 0.3) is 0 Å². The summed E-state index contributed by atoms with van der Waals surface area (Å²) in [5.74, 6) is -2.68. The van der Waals surface area contributed by atoms with E-state index < -0.39 is 75.5 Å². The van der Waals surface area contributed by atoms with Gasteiger partial charge >= 0.3 is 17.9 Å². The molecule has 13 nitrogen and oxygen atoms in total. The normalized spacial score (nSPS) is 27.7. The van der Waals surface area contributed by atoms with E-state index in [9.17, 15) is 31.2 Å². The van der Waals surface area contributed by atoms with Crippen molar-refractivity contribution in [1.29, 1.82) is 0 Å². The lowest BCUT2D eigenvalue weighted by molar-refractivity contribution is -0.292. The molecule has 0 spiro atoms. The van der Waals surface area contributed by atoms with Gasteiger partial charge in [0.15, 0.2) is 6.10 Å². The van der Waals surface area contributed by atoms with Crippen molar-refractivity contribution in [2.75, 3.05) is 19.1 Å². The number of rotatable bonds is 8. The Morgan fingerprint density at radius 2 is 1.24 bits per heavy atom. The lowest BCUT2D eigenvalue weighted by Crippen LogP contribution is -2.63. The number of carbonyl (C=O) groups is 3. The quantitative estimate of drug-likeness (QED) is 0.231. The van der Waals surface area contributed by atoms with Crippen molar-refractivity contribution < 1.29 is 58.5 Å². The third-order valence-corrected chi connectivity index (χ3v) is 4.35. The number of hydrogen-bond donors (Lipinski definition) is 0. The van der Waals surface area contributed by atoms with Crippen molar-refractivity contribution in [3.05, 3.63) is 0 Å². The largest absolute Gasteiger partial charge is 0.455 e. The molecule has 5 atom stereocenters. The summed E-state index contributed by atoms with van der Waals surface area (Å²) in [4.78, 5) is 34.4. The van der Waals surface area contributed by atoms with Crippen LogP contribution in [0, 0.1) is 0 Å². The van der Waals surface area contributed by atoms with Crippen molar-refractivity contribution in [3.63, 3.8) is 0 Å². The summed E-state index contributed by atoms with van der Waals surface area (Å²) in [6.45, 7) is 2.22. The molecule has 0 unspecified atom stereocenters. The zero-order chi connectivity index (χ0) is 22.6. The molecular weight excluding hydrogens is 440 g/mol. The summed E-state index contributed by atoms with van der Waals surface area (Å²) in [5, 5.41) is 0. The van der Waals surface area contributed by atoms with Gasteiger partial charge in [0.05, 0.1) is 19.1 Å². The minimum Gasteiger partial charge on any atom is -0.455 e. The molecular formula is C14H22O13S2. The van der Waals surface area contributed by atoms with Crippen LogP contribution in [0.4, 0.5) is 0 Å². The van der Waals surface area contributed by atoms with Crippen LogP contribution in [0.3, 0.4) is 0 Å². The minimum absolute atomic E-state index is 0.686. The van der Waals surface area contributed by atoms with Crippen molar-refractivity contribution in [2.45, 2.75) is 51.5 Å². The Labute approximate surface area is 167 Å². The van der Waals surface area contributed by atoms with E-state index in [0.717, 1.165) is 27.0 Å². The second-order valence-corrected chi connectivity index (χ2v) is 9.30. The van der Waals surface area contributed by atoms with Gasteiger partial charge < -0.3 is 18.9 Å². The van der Waals surface area contributed by atoms with Crippen LogP contribution in [-0.4, -0.2) is 84.6 Å². The van der Waals surface area contributed by atoms with E-state index in [-0.39, 0.29) is 0 Å². The maximum absolute atomic E-state index is 11.7. The van der Waals surface area contributed by atoms with Crippen LogP contribution >= 0.6 is 0 Å². The maximum Gasteiger partial charge on any atom is 0.305 e. The topological polar surface area (TPSA) is 175 Å². The van der Waals surface area contributed by atoms with Gasteiger partial charge in [-0.05, 0) is 0 Å². The van der Waals surface area contributed by atoms with Gasteiger partial charge in [0.1, 0.15) is 12.2 Å². The van der Waals surface area contributed by atoms with Gasteiger partial charge in [0, 0.05) is 20.8 Å². The van der Waals surface area contributed by atoms with Gasteiger partial charge in [-0.1, -0.05) is 0 Å². The van der Waals surface area contributed by atoms with Crippen LogP contribution in [0.15, 0.2) is 0 Å². The molecule has 0 aromatic carbocycles. The molecule has 0 aliphatic carbocycles. The molecule has 1 rings (SSSR count). The summed E-state index contributed by atoms with van der Waals surface area (Å²) in [6.07, 6.45) is -6.71. The second-order valence-electron chi connectivity index (χ2n) is 6.05. The highest BCUT2D eigenvalue weighted by atomic mass is 32.2. The third-order valence-electron chi connectivity index (χ3n) is 3.21. The lowest BCUT2D eigenvalue weighted by Gasteiger charge is -2.43. The summed E-state index contributed by atoms with van der Waals surface area (Å²) in [6, 6.07) is 0. The number of hydrogen-bond acceptors (Lipinski definition) is 13. The number of carbonyl (C=O) groups excluding carboxylic acids is 3. The van der Waals surface area contributed by atoms with Crippen LogP contribution in [0.2, 0.25) is 0 Å². The molecule has 0 N–H and O–H groups in total. The number of ether oxygens (including phenoxy) is 4. The Bertz CT molecular complexity index is 832. The minimum atomic E-state index is -4.20. The zero-order valence-corrected chi connectivity index (χ0v) is 17.9. The molecule has 1 aliphatic heterocycles. The third kappa shape index (κ3) is 9.03. The van der Waals surface area contributed by atoms with E-state index in [1.165, 1.54) is 0 Å². The van der Waals surface area contributed by atoms with Gasteiger partial charge in [0.25, 0.3) is 20.2 Å².